The lowest BCUT2D eigenvalue weighted by Gasteiger charge is -2.20. The van der Waals surface area contributed by atoms with E-state index >= 15 is 0 Å². The molecule has 2 fully saturated rings. The minimum absolute atomic E-state index is 0.00281. The summed E-state index contributed by atoms with van der Waals surface area (Å²) in [7, 11) is 0. The molecule has 2 aromatic carbocycles. The van der Waals surface area contributed by atoms with Crippen molar-refractivity contribution in [1.82, 2.24) is 4.90 Å². The van der Waals surface area contributed by atoms with E-state index in [1.807, 2.05) is 26.0 Å². The Balaban J connectivity index is 1.52. The first-order chi connectivity index (χ1) is 15.4. The highest BCUT2D eigenvalue weighted by molar-refractivity contribution is 8.15. The quantitative estimate of drug-likeness (QED) is 0.636. The Morgan fingerprint density at radius 2 is 2.03 bits per heavy atom. The molecule has 1 N–H and O–H groups in total. The lowest BCUT2D eigenvalue weighted by atomic mass is 10.1. The van der Waals surface area contributed by atoms with Crippen LogP contribution in [-0.2, 0) is 14.3 Å². The van der Waals surface area contributed by atoms with Crippen LogP contribution in [0.3, 0.4) is 0 Å². The van der Waals surface area contributed by atoms with Gasteiger partial charge in [0, 0.05) is 23.7 Å². The van der Waals surface area contributed by atoms with Gasteiger partial charge in [-0.1, -0.05) is 35.5 Å². The number of anilines is 1. The molecule has 0 bridgehead atoms. The van der Waals surface area contributed by atoms with Crippen LogP contribution in [0.2, 0.25) is 5.02 Å². The Kier molecular flexibility index (Phi) is 7.18. The van der Waals surface area contributed by atoms with E-state index in [-0.39, 0.29) is 24.3 Å². The van der Waals surface area contributed by atoms with Crippen molar-refractivity contribution >= 4 is 51.7 Å². The second-order valence-electron chi connectivity index (χ2n) is 8.19. The fraction of sp³-hybridized carbons (Fsp3) is 0.375. The number of ether oxygens (including phenoxy) is 1. The van der Waals surface area contributed by atoms with Crippen molar-refractivity contribution in [3.05, 3.63) is 58.6 Å². The largest absolute Gasteiger partial charge is 0.376 e. The molecule has 2 heterocycles. The smallest absolute Gasteiger partial charge is 0.242 e. The summed E-state index contributed by atoms with van der Waals surface area (Å²) < 4.78 is 5.76. The number of carbonyl (C=O) groups is 2. The number of nitrogens with one attached hydrogen (secondary N) is 1. The van der Waals surface area contributed by atoms with Crippen molar-refractivity contribution in [3.63, 3.8) is 0 Å². The molecule has 2 aliphatic heterocycles. The monoisotopic (exact) mass is 471 g/mol. The van der Waals surface area contributed by atoms with Crippen LogP contribution in [0.5, 0.6) is 0 Å². The lowest BCUT2D eigenvalue weighted by molar-refractivity contribution is -0.129. The van der Waals surface area contributed by atoms with Crippen molar-refractivity contribution in [3.8, 4) is 0 Å². The minimum Gasteiger partial charge on any atom is -0.376 e. The van der Waals surface area contributed by atoms with Gasteiger partial charge in [-0.25, -0.2) is 4.99 Å². The third kappa shape index (κ3) is 5.71. The molecule has 6 nitrogen and oxygen atoms in total. The number of aliphatic imine (C=N–C) groups is 1. The maximum absolute atomic E-state index is 13.2. The van der Waals surface area contributed by atoms with E-state index in [4.69, 9.17) is 21.3 Å². The summed E-state index contributed by atoms with van der Waals surface area (Å²) in [6, 6.07) is 13.0. The number of amides is 2. The standard InChI is InChI=1S/C24H26ClN3O3S/c1-15-9-16(2)11-19(10-15)27-24-28(14-20-7-4-8-31-20)23(30)21(32-24)13-22(29)26-18-6-3-5-17(25)12-18/h3,5-6,9-12,20-21H,4,7-8,13-14H2,1-2H3,(H,26,29). The summed E-state index contributed by atoms with van der Waals surface area (Å²) in [5, 5.41) is 3.46. The third-order valence-corrected chi connectivity index (χ3v) is 6.75. The molecular weight excluding hydrogens is 446 g/mol. The predicted molar refractivity (Wildman–Crippen MR) is 130 cm³/mol. The van der Waals surface area contributed by atoms with Gasteiger partial charge in [0.2, 0.25) is 11.8 Å². The summed E-state index contributed by atoms with van der Waals surface area (Å²) >= 11 is 7.34. The molecule has 168 valence electrons. The van der Waals surface area contributed by atoms with Crippen LogP contribution < -0.4 is 5.32 Å². The summed E-state index contributed by atoms with van der Waals surface area (Å²) in [4.78, 5) is 32.3. The highest BCUT2D eigenvalue weighted by Crippen LogP contribution is 2.33. The Hall–Kier alpha value is -2.35. The number of amidine groups is 1. The zero-order chi connectivity index (χ0) is 22.7. The molecule has 2 atom stereocenters. The Bertz CT molecular complexity index is 1030. The molecule has 0 aliphatic carbocycles. The summed E-state index contributed by atoms with van der Waals surface area (Å²) in [6.07, 6.45) is 1.98. The molecule has 0 aromatic heterocycles. The number of hydrogen-bond acceptors (Lipinski definition) is 5. The van der Waals surface area contributed by atoms with Crippen molar-refractivity contribution in [2.45, 2.75) is 44.5 Å². The van der Waals surface area contributed by atoms with Crippen molar-refractivity contribution in [1.29, 1.82) is 0 Å². The molecule has 8 heteroatoms. The van der Waals surface area contributed by atoms with E-state index in [9.17, 15) is 9.59 Å². The molecule has 0 saturated carbocycles. The van der Waals surface area contributed by atoms with Gasteiger partial charge in [0.15, 0.2) is 5.17 Å². The number of carbonyl (C=O) groups excluding carboxylic acids is 2. The Morgan fingerprint density at radius 1 is 1.25 bits per heavy atom. The average Bonchev–Trinajstić information content (AvgIpc) is 3.32. The molecule has 0 radical (unpaired) electrons. The molecule has 4 rings (SSSR count). The molecule has 2 aromatic rings. The van der Waals surface area contributed by atoms with Gasteiger partial charge in [-0.05, 0) is 68.1 Å². The first-order valence-electron chi connectivity index (χ1n) is 10.7. The number of aryl methyl sites for hydroxylation is 2. The number of halogens is 1. The van der Waals surface area contributed by atoms with Gasteiger partial charge in [0.25, 0.3) is 0 Å². The summed E-state index contributed by atoms with van der Waals surface area (Å²) in [5.41, 5.74) is 3.64. The van der Waals surface area contributed by atoms with Crippen molar-refractivity contribution in [2.75, 3.05) is 18.5 Å². The molecule has 2 aliphatic rings. The summed E-state index contributed by atoms with van der Waals surface area (Å²) in [5.74, 6) is -0.335. The van der Waals surface area contributed by atoms with Crippen LogP contribution in [0.4, 0.5) is 11.4 Å². The zero-order valence-corrected chi connectivity index (χ0v) is 19.7. The lowest BCUT2D eigenvalue weighted by Crippen LogP contribution is -2.38. The van der Waals surface area contributed by atoms with E-state index < -0.39 is 5.25 Å². The van der Waals surface area contributed by atoms with Crippen LogP contribution in [-0.4, -0.2) is 46.4 Å². The third-order valence-electron chi connectivity index (χ3n) is 5.34. The Morgan fingerprint density at radius 3 is 2.72 bits per heavy atom. The Labute approximate surface area is 197 Å². The normalized spacial score (nSPS) is 22.0. The topological polar surface area (TPSA) is 71.0 Å². The fourth-order valence-corrected chi connectivity index (χ4v) is 5.31. The summed E-state index contributed by atoms with van der Waals surface area (Å²) in [6.45, 7) is 5.23. The molecule has 2 saturated heterocycles. The van der Waals surface area contributed by atoms with Crippen LogP contribution in [0.1, 0.15) is 30.4 Å². The van der Waals surface area contributed by atoms with Gasteiger partial charge < -0.3 is 10.1 Å². The number of nitrogens with zero attached hydrogens (tertiary/aromatic N) is 2. The first-order valence-corrected chi connectivity index (χ1v) is 12.0. The van der Waals surface area contributed by atoms with Gasteiger partial charge in [0.05, 0.1) is 18.3 Å². The molecular formula is C24H26ClN3O3S. The van der Waals surface area contributed by atoms with Crippen LogP contribution >= 0.6 is 23.4 Å². The van der Waals surface area contributed by atoms with E-state index in [1.165, 1.54) is 11.8 Å². The van der Waals surface area contributed by atoms with Gasteiger partial charge in [-0.3, -0.25) is 14.5 Å². The molecule has 32 heavy (non-hydrogen) atoms. The van der Waals surface area contributed by atoms with Crippen molar-refractivity contribution in [2.24, 2.45) is 4.99 Å². The van der Waals surface area contributed by atoms with Crippen molar-refractivity contribution < 1.29 is 14.3 Å². The average molecular weight is 472 g/mol. The highest BCUT2D eigenvalue weighted by Gasteiger charge is 2.40. The fourth-order valence-electron chi connectivity index (χ4n) is 3.96. The van der Waals surface area contributed by atoms with Gasteiger partial charge in [-0.15, -0.1) is 0 Å². The number of rotatable bonds is 6. The van der Waals surface area contributed by atoms with E-state index in [0.29, 0.717) is 22.4 Å². The van der Waals surface area contributed by atoms with E-state index in [2.05, 4.69) is 11.4 Å². The number of thioether (sulfide) groups is 1. The maximum atomic E-state index is 13.2. The first kappa shape index (κ1) is 22.8. The number of hydrogen-bond donors (Lipinski definition) is 1. The van der Waals surface area contributed by atoms with E-state index in [0.717, 1.165) is 36.3 Å². The van der Waals surface area contributed by atoms with E-state index in [1.54, 1.807) is 29.2 Å². The van der Waals surface area contributed by atoms with Gasteiger partial charge in [0.1, 0.15) is 5.25 Å². The van der Waals surface area contributed by atoms with Crippen LogP contribution in [0.25, 0.3) is 0 Å². The molecule has 2 amide bonds. The van der Waals surface area contributed by atoms with Gasteiger partial charge in [-0.2, -0.15) is 0 Å². The highest BCUT2D eigenvalue weighted by atomic mass is 35.5. The zero-order valence-electron chi connectivity index (χ0n) is 18.1. The molecule has 0 spiro atoms. The van der Waals surface area contributed by atoms with Gasteiger partial charge >= 0.3 is 0 Å². The SMILES string of the molecule is Cc1cc(C)cc(N=C2SC(CC(=O)Nc3cccc(Cl)c3)C(=O)N2CC2CCCO2)c1. The number of benzene rings is 2. The minimum atomic E-state index is -0.528. The van der Waals surface area contributed by atoms with Crippen LogP contribution in [0, 0.1) is 13.8 Å². The predicted octanol–water partition coefficient (Wildman–Crippen LogP) is 5.10. The second-order valence-corrected chi connectivity index (χ2v) is 9.80. The van der Waals surface area contributed by atoms with Crippen LogP contribution in [0.15, 0.2) is 47.5 Å². The molecule has 2 unspecified atom stereocenters. The second kappa shape index (κ2) is 10.1. The maximum Gasteiger partial charge on any atom is 0.242 e.